The van der Waals surface area contributed by atoms with Gasteiger partial charge in [0, 0.05) is 44.5 Å². The Balaban J connectivity index is 1.14. The number of likely N-dealkylation sites (tertiary alicyclic amines) is 1. The van der Waals surface area contributed by atoms with Gasteiger partial charge < -0.3 is 19.1 Å². The standard InChI is InChI=1S/C32H31N5O6S/c1-20(38)36-14-12-24(13-15-36)42-28-17-26-25(16-27(28)41-2)31(34-19-33-26)43-23-10-8-21(9-11-23)30(40)35-37-29(39)18-44-32(37)22-6-4-3-5-7-22/h3-11,16-17,19,24,32H,12-15,18H2,1-2H3,(H,35,40). The minimum absolute atomic E-state index is 0.0446. The lowest BCUT2D eigenvalue weighted by Crippen LogP contribution is -2.44. The van der Waals surface area contributed by atoms with E-state index in [2.05, 4.69) is 15.4 Å². The molecule has 12 heteroatoms. The lowest BCUT2D eigenvalue weighted by molar-refractivity contribution is -0.131. The third kappa shape index (κ3) is 6.25. The van der Waals surface area contributed by atoms with Crippen molar-refractivity contribution >= 4 is 40.4 Å². The molecule has 2 fully saturated rings. The number of carbonyl (C=O) groups excluding carboxylic acids is 3. The number of hydrogen-bond donors (Lipinski definition) is 1. The van der Waals surface area contributed by atoms with Crippen molar-refractivity contribution in [3.05, 3.63) is 84.2 Å². The van der Waals surface area contributed by atoms with E-state index in [0.29, 0.717) is 58.4 Å². The Kier molecular flexibility index (Phi) is 8.51. The van der Waals surface area contributed by atoms with Gasteiger partial charge >= 0.3 is 0 Å². The van der Waals surface area contributed by atoms with Crippen LogP contribution in [-0.2, 0) is 9.59 Å². The number of piperidine rings is 1. The number of methoxy groups -OCH3 is 1. The molecule has 1 atom stereocenters. The Morgan fingerprint density at radius 3 is 2.43 bits per heavy atom. The van der Waals surface area contributed by atoms with Crippen LogP contribution in [0.2, 0.25) is 0 Å². The number of fused-ring (bicyclic) bond motifs is 1. The zero-order valence-corrected chi connectivity index (χ0v) is 25.1. The van der Waals surface area contributed by atoms with Gasteiger partial charge in [-0.3, -0.25) is 19.8 Å². The summed E-state index contributed by atoms with van der Waals surface area (Å²) in [5.74, 6) is 1.67. The monoisotopic (exact) mass is 613 g/mol. The first-order valence-electron chi connectivity index (χ1n) is 14.2. The molecule has 3 amide bonds. The summed E-state index contributed by atoms with van der Waals surface area (Å²) in [6.07, 6.45) is 2.83. The molecule has 226 valence electrons. The lowest BCUT2D eigenvalue weighted by Gasteiger charge is -2.31. The number of nitrogens with one attached hydrogen (secondary N) is 1. The van der Waals surface area contributed by atoms with E-state index in [-0.39, 0.29) is 23.3 Å². The Bertz CT molecular complexity index is 1680. The van der Waals surface area contributed by atoms with Crippen molar-refractivity contribution < 1.29 is 28.6 Å². The summed E-state index contributed by atoms with van der Waals surface area (Å²) in [5.41, 5.74) is 4.69. The molecule has 3 heterocycles. The molecule has 2 aliphatic heterocycles. The smallest absolute Gasteiger partial charge is 0.269 e. The first-order valence-corrected chi connectivity index (χ1v) is 15.3. The van der Waals surface area contributed by atoms with Crippen molar-refractivity contribution in [2.45, 2.75) is 31.2 Å². The van der Waals surface area contributed by atoms with E-state index in [1.165, 1.54) is 23.1 Å². The molecule has 1 unspecified atom stereocenters. The number of rotatable bonds is 8. The fourth-order valence-electron chi connectivity index (χ4n) is 5.21. The summed E-state index contributed by atoms with van der Waals surface area (Å²) >= 11 is 1.47. The second kappa shape index (κ2) is 12.8. The summed E-state index contributed by atoms with van der Waals surface area (Å²) in [6.45, 7) is 2.89. The molecular weight excluding hydrogens is 582 g/mol. The minimum Gasteiger partial charge on any atom is -0.493 e. The molecule has 3 aromatic carbocycles. The maximum absolute atomic E-state index is 13.0. The van der Waals surface area contributed by atoms with Crippen LogP contribution in [0.4, 0.5) is 0 Å². The van der Waals surface area contributed by atoms with Gasteiger partial charge in [0.2, 0.25) is 11.8 Å². The predicted octanol–water partition coefficient (Wildman–Crippen LogP) is 4.74. The normalized spacial score (nSPS) is 17.0. The molecule has 6 rings (SSSR count). The number of aromatic nitrogens is 2. The van der Waals surface area contributed by atoms with Gasteiger partial charge in [-0.15, -0.1) is 11.8 Å². The molecular formula is C32H31N5O6S. The number of hydrazine groups is 1. The van der Waals surface area contributed by atoms with Gasteiger partial charge in [0.15, 0.2) is 11.5 Å². The Hall–Kier alpha value is -4.84. The largest absolute Gasteiger partial charge is 0.493 e. The van der Waals surface area contributed by atoms with Gasteiger partial charge in [-0.2, -0.15) is 0 Å². The van der Waals surface area contributed by atoms with Crippen LogP contribution >= 0.6 is 11.8 Å². The van der Waals surface area contributed by atoms with Crippen LogP contribution in [0, 0.1) is 0 Å². The second-order valence-electron chi connectivity index (χ2n) is 10.4. The minimum atomic E-state index is -0.398. The fraction of sp³-hybridized carbons (Fsp3) is 0.281. The summed E-state index contributed by atoms with van der Waals surface area (Å²) in [6, 6.07) is 19.8. The van der Waals surface area contributed by atoms with Crippen LogP contribution in [0.15, 0.2) is 73.1 Å². The quantitative estimate of drug-likeness (QED) is 0.300. The van der Waals surface area contributed by atoms with Crippen molar-refractivity contribution in [2.24, 2.45) is 0 Å². The molecule has 2 saturated heterocycles. The fourth-order valence-corrected chi connectivity index (χ4v) is 6.32. The molecule has 2 aliphatic rings. The lowest BCUT2D eigenvalue weighted by atomic mass is 10.1. The molecule has 1 N–H and O–H groups in total. The predicted molar refractivity (Wildman–Crippen MR) is 164 cm³/mol. The topological polar surface area (TPSA) is 123 Å². The molecule has 0 spiro atoms. The molecule has 0 saturated carbocycles. The number of benzene rings is 3. The van der Waals surface area contributed by atoms with E-state index in [9.17, 15) is 14.4 Å². The maximum Gasteiger partial charge on any atom is 0.269 e. The number of thioether (sulfide) groups is 1. The van der Waals surface area contributed by atoms with E-state index < -0.39 is 5.91 Å². The number of amides is 3. The third-order valence-corrected chi connectivity index (χ3v) is 8.78. The highest BCUT2D eigenvalue weighted by Crippen LogP contribution is 2.38. The van der Waals surface area contributed by atoms with Crippen molar-refractivity contribution in [1.82, 2.24) is 25.3 Å². The molecule has 0 bridgehead atoms. The molecule has 1 aromatic heterocycles. The average Bonchev–Trinajstić information content (AvgIpc) is 3.41. The molecule has 0 radical (unpaired) electrons. The third-order valence-electron chi connectivity index (χ3n) is 7.57. The second-order valence-corrected chi connectivity index (χ2v) is 11.5. The zero-order valence-electron chi connectivity index (χ0n) is 24.3. The van der Waals surface area contributed by atoms with Gasteiger partial charge in [0.1, 0.15) is 23.6 Å². The van der Waals surface area contributed by atoms with Crippen LogP contribution in [0.3, 0.4) is 0 Å². The first-order chi connectivity index (χ1) is 21.4. The highest BCUT2D eigenvalue weighted by molar-refractivity contribution is 8.00. The van der Waals surface area contributed by atoms with Gasteiger partial charge in [0.05, 0.1) is 23.8 Å². The van der Waals surface area contributed by atoms with Gasteiger partial charge in [-0.1, -0.05) is 30.3 Å². The van der Waals surface area contributed by atoms with Crippen LogP contribution in [-0.4, -0.2) is 69.7 Å². The van der Waals surface area contributed by atoms with Crippen molar-refractivity contribution in [3.63, 3.8) is 0 Å². The Morgan fingerprint density at radius 1 is 0.977 bits per heavy atom. The van der Waals surface area contributed by atoms with Gasteiger partial charge in [-0.25, -0.2) is 15.0 Å². The summed E-state index contributed by atoms with van der Waals surface area (Å²) < 4.78 is 18.0. The van der Waals surface area contributed by atoms with E-state index >= 15 is 0 Å². The van der Waals surface area contributed by atoms with E-state index in [0.717, 1.165) is 18.4 Å². The molecule has 4 aromatic rings. The number of hydrogen-bond acceptors (Lipinski definition) is 9. The SMILES string of the molecule is COc1cc2c(Oc3ccc(C(=O)NN4C(=O)CSC4c4ccccc4)cc3)ncnc2cc1OC1CCN(C(C)=O)CC1. The Morgan fingerprint density at radius 2 is 1.73 bits per heavy atom. The maximum atomic E-state index is 13.0. The van der Waals surface area contributed by atoms with Crippen LogP contribution in [0.1, 0.15) is 41.1 Å². The zero-order chi connectivity index (χ0) is 30.6. The van der Waals surface area contributed by atoms with E-state index in [1.807, 2.05) is 35.2 Å². The van der Waals surface area contributed by atoms with E-state index in [4.69, 9.17) is 14.2 Å². The summed E-state index contributed by atoms with van der Waals surface area (Å²) in [7, 11) is 1.57. The van der Waals surface area contributed by atoms with Crippen LogP contribution < -0.4 is 19.6 Å². The molecule has 0 aliphatic carbocycles. The summed E-state index contributed by atoms with van der Waals surface area (Å²) in [5, 5.41) is 1.73. The van der Waals surface area contributed by atoms with Crippen molar-refractivity contribution in [3.8, 4) is 23.1 Å². The molecule has 11 nitrogen and oxygen atoms in total. The van der Waals surface area contributed by atoms with Gasteiger partial charge in [0.25, 0.3) is 11.8 Å². The van der Waals surface area contributed by atoms with E-state index in [1.54, 1.807) is 50.4 Å². The van der Waals surface area contributed by atoms with Crippen LogP contribution in [0.5, 0.6) is 23.1 Å². The highest BCUT2D eigenvalue weighted by atomic mass is 32.2. The Labute approximate surface area is 258 Å². The van der Waals surface area contributed by atoms with Crippen molar-refractivity contribution in [1.29, 1.82) is 0 Å². The van der Waals surface area contributed by atoms with Crippen LogP contribution in [0.25, 0.3) is 10.9 Å². The summed E-state index contributed by atoms with van der Waals surface area (Å²) in [4.78, 5) is 47.8. The number of carbonyl (C=O) groups is 3. The molecule has 44 heavy (non-hydrogen) atoms. The first kappa shape index (κ1) is 29.2. The average molecular weight is 614 g/mol. The van der Waals surface area contributed by atoms with Gasteiger partial charge in [-0.05, 0) is 35.9 Å². The highest BCUT2D eigenvalue weighted by Gasteiger charge is 2.34. The van der Waals surface area contributed by atoms with Crippen molar-refractivity contribution in [2.75, 3.05) is 26.0 Å². The number of ether oxygens (including phenoxy) is 3. The number of nitrogens with zero attached hydrogens (tertiary/aromatic N) is 4.